The maximum absolute atomic E-state index is 12.5. The highest BCUT2D eigenvalue weighted by atomic mass is 16.6. The average molecular weight is 356 g/mol. The Morgan fingerprint density at radius 2 is 1.64 bits per heavy atom. The van der Waals surface area contributed by atoms with Crippen LogP contribution in [0.2, 0.25) is 0 Å². The first-order valence-corrected chi connectivity index (χ1v) is 7.90. The van der Waals surface area contributed by atoms with Gasteiger partial charge in [0.15, 0.2) is 0 Å². The summed E-state index contributed by atoms with van der Waals surface area (Å²) in [4.78, 5) is 24.7. The number of nitrogens with zero attached hydrogens (tertiary/aromatic N) is 1. The van der Waals surface area contributed by atoms with E-state index in [1.807, 2.05) is 0 Å². The number of anilines is 1. The Labute approximate surface area is 147 Å². The van der Waals surface area contributed by atoms with Crippen LogP contribution in [0.4, 0.5) is 15.3 Å². The number of carbonyl (C=O) groups is 2. The van der Waals surface area contributed by atoms with E-state index in [9.17, 15) is 9.59 Å². The first-order valence-electron chi connectivity index (χ1n) is 7.90. The third-order valence-corrected chi connectivity index (χ3v) is 2.64. The van der Waals surface area contributed by atoms with Gasteiger partial charge in [-0.25, -0.2) is 15.0 Å². The van der Waals surface area contributed by atoms with Crippen molar-refractivity contribution in [3.63, 3.8) is 0 Å². The predicted molar refractivity (Wildman–Crippen MR) is 92.6 cm³/mol. The minimum absolute atomic E-state index is 0.00459. The number of carbonyl (C=O) groups excluding carboxylic acids is 2. The van der Waals surface area contributed by atoms with Gasteiger partial charge in [-0.1, -0.05) is 0 Å². The summed E-state index contributed by atoms with van der Waals surface area (Å²) in [5, 5.41) is 0.907. The van der Waals surface area contributed by atoms with Gasteiger partial charge in [-0.05, 0) is 41.5 Å². The number of amides is 2. The smallest absolute Gasteiger partial charge is 0.434 e. The highest BCUT2D eigenvalue weighted by Gasteiger charge is 2.30. The van der Waals surface area contributed by atoms with E-state index in [1.165, 1.54) is 6.07 Å². The van der Waals surface area contributed by atoms with Crippen molar-refractivity contribution in [2.75, 3.05) is 5.01 Å². The minimum Gasteiger partial charge on any atom is -0.461 e. The quantitative estimate of drug-likeness (QED) is 0.708. The van der Waals surface area contributed by atoms with E-state index < -0.39 is 23.4 Å². The number of hydrogen-bond acceptors (Lipinski definition) is 7. The summed E-state index contributed by atoms with van der Waals surface area (Å²) in [5.74, 6) is 0.692. The molecule has 5 N–H and O–H groups in total. The van der Waals surface area contributed by atoms with Gasteiger partial charge in [0.2, 0.25) is 0 Å². The SMILES string of the molecule is CC(C)(C)OC(=O)NN(C(=O)OC(C)(C)C)c1cc(CN)oc1CN. The summed E-state index contributed by atoms with van der Waals surface area (Å²) in [5.41, 5.74) is 12.3. The molecule has 0 radical (unpaired) electrons. The third kappa shape index (κ3) is 6.63. The van der Waals surface area contributed by atoms with Gasteiger partial charge in [-0.2, -0.15) is 5.01 Å². The molecule has 0 aliphatic heterocycles. The highest BCUT2D eigenvalue weighted by molar-refractivity contribution is 5.91. The van der Waals surface area contributed by atoms with Crippen molar-refractivity contribution in [1.82, 2.24) is 5.43 Å². The van der Waals surface area contributed by atoms with Crippen molar-refractivity contribution in [3.05, 3.63) is 17.6 Å². The van der Waals surface area contributed by atoms with Crippen molar-refractivity contribution in [3.8, 4) is 0 Å². The molecule has 0 aromatic carbocycles. The zero-order chi connectivity index (χ0) is 19.4. The minimum atomic E-state index is -0.822. The molecule has 0 saturated heterocycles. The fourth-order valence-electron chi connectivity index (χ4n) is 1.81. The van der Waals surface area contributed by atoms with Crippen LogP contribution in [0, 0.1) is 0 Å². The van der Waals surface area contributed by atoms with Crippen molar-refractivity contribution in [1.29, 1.82) is 0 Å². The molecule has 142 valence electrons. The summed E-state index contributed by atoms with van der Waals surface area (Å²) in [6.07, 6.45) is -1.63. The van der Waals surface area contributed by atoms with Crippen LogP contribution in [-0.2, 0) is 22.6 Å². The lowest BCUT2D eigenvalue weighted by molar-refractivity contribution is 0.0424. The van der Waals surface area contributed by atoms with E-state index in [1.54, 1.807) is 41.5 Å². The second-order valence-corrected chi connectivity index (χ2v) is 7.36. The zero-order valence-corrected chi connectivity index (χ0v) is 15.6. The Morgan fingerprint density at radius 3 is 2.08 bits per heavy atom. The maximum atomic E-state index is 12.5. The van der Waals surface area contributed by atoms with Gasteiger partial charge >= 0.3 is 12.2 Å². The van der Waals surface area contributed by atoms with Crippen LogP contribution in [0.3, 0.4) is 0 Å². The molecule has 1 rings (SSSR count). The van der Waals surface area contributed by atoms with E-state index in [-0.39, 0.29) is 24.5 Å². The predicted octanol–water partition coefficient (Wildman–Crippen LogP) is 2.38. The van der Waals surface area contributed by atoms with Gasteiger partial charge in [-0.3, -0.25) is 0 Å². The van der Waals surface area contributed by atoms with Crippen molar-refractivity contribution in [2.45, 2.75) is 65.8 Å². The second kappa shape index (κ2) is 7.75. The molecule has 25 heavy (non-hydrogen) atoms. The van der Waals surface area contributed by atoms with E-state index in [0.717, 1.165) is 5.01 Å². The van der Waals surface area contributed by atoms with Crippen LogP contribution in [0.25, 0.3) is 0 Å². The molecule has 1 aromatic heterocycles. The van der Waals surface area contributed by atoms with Gasteiger partial charge in [0.25, 0.3) is 0 Å². The van der Waals surface area contributed by atoms with Crippen LogP contribution < -0.4 is 21.9 Å². The number of nitrogens with two attached hydrogens (primary N) is 2. The molecule has 0 aliphatic carbocycles. The lowest BCUT2D eigenvalue weighted by Crippen LogP contribution is -2.50. The fourth-order valence-corrected chi connectivity index (χ4v) is 1.81. The van der Waals surface area contributed by atoms with Crippen molar-refractivity contribution >= 4 is 17.9 Å². The van der Waals surface area contributed by atoms with E-state index in [4.69, 9.17) is 25.4 Å². The van der Waals surface area contributed by atoms with Crippen LogP contribution in [0.15, 0.2) is 10.5 Å². The molecule has 2 amide bonds. The molecule has 1 heterocycles. The molecule has 0 unspecified atom stereocenters. The van der Waals surface area contributed by atoms with Gasteiger partial charge in [0.1, 0.15) is 28.4 Å². The molecule has 1 aromatic rings. The summed E-state index contributed by atoms with van der Waals surface area (Å²) >= 11 is 0. The summed E-state index contributed by atoms with van der Waals surface area (Å²) in [6.45, 7) is 10.4. The molecule has 0 bridgehead atoms. The summed E-state index contributed by atoms with van der Waals surface area (Å²) in [6, 6.07) is 1.52. The largest absolute Gasteiger partial charge is 0.461 e. The number of nitrogens with one attached hydrogen (secondary N) is 1. The standard InChI is InChI=1S/C16H28N4O5/c1-15(2,3)24-13(21)19-20(14(22)25-16(4,5)6)11-7-10(8-17)23-12(11)9-18/h7H,8-9,17-18H2,1-6H3,(H,19,21). The average Bonchev–Trinajstić information content (AvgIpc) is 2.83. The molecule has 9 heteroatoms. The lowest BCUT2D eigenvalue weighted by atomic mass is 10.2. The molecule has 0 spiro atoms. The van der Waals surface area contributed by atoms with Crippen LogP contribution in [0.1, 0.15) is 53.1 Å². The van der Waals surface area contributed by atoms with Crippen LogP contribution in [-0.4, -0.2) is 23.4 Å². The zero-order valence-electron chi connectivity index (χ0n) is 15.6. The number of hydrogen-bond donors (Lipinski definition) is 3. The molecule has 9 nitrogen and oxygen atoms in total. The Balaban J connectivity index is 3.17. The molecule has 0 atom stereocenters. The molecule has 0 fully saturated rings. The van der Waals surface area contributed by atoms with Crippen LogP contribution in [0.5, 0.6) is 0 Å². The van der Waals surface area contributed by atoms with E-state index in [2.05, 4.69) is 5.43 Å². The Kier molecular flexibility index (Phi) is 6.44. The van der Waals surface area contributed by atoms with Gasteiger partial charge in [-0.15, -0.1) is 0 Å². The number of rotatable bonds is 3. The first-order chi connectivity index (χ1) is 11.4. The Morgan fingerprint density at radius 1 is 1.08 bits per heavy atom. The van der Waals surface area contributed by atoms with Gasteiger partial charge in [0, 0.05) is 6.07 Å². The first kappa shape index (κ1) is 20.8. The van der Waals surface area contributed by atoms with Crippen LogP contribution >= 0.6 is 0 Å². The molecular weight excluding hydrogens is 328 g/mol. The third-order valence-electron chi connectivity index (χ3n) is 2.64. The second-order valence-electron chi connectivity index (χ2n) is 7.36. The Hall–Kier alpha value is -2.26. The Bertz CT molecular complexity index is 613. The maximum Gasteiger partial charge on any atom is 0.434 e. The van der Waals surface area contributed by atoms with Gasteiger partial charge < -0.3 is 25.4 Å². The van der Waals surface area contributed by atoms with E-state index in [0.29, 0.717) is 5.76 Å². The number of hydrazine groups is 1. The summed E-state index contributed by atoms with van der Waals surface area (Å²) in [7, 11) is 0. The molecular formula is C16H28N4O5. The topological polar surface area (TPSA) is 133 Å². The highest BCUT2D eigenvalue weighted by Crippen LogP contribution is 2.26. The fraction of sp³-hybridized carbons (Fsp3) is 0.625. The summed E-state index contributed by atoms with van der Waals surface area (Å²) < 4.78 is 16.0. The number of furan rings is 1. The van der Waals surface area contributed by atoms with Crippen molar-refractivity contribution < 1.29 is 23.5 Å². The lowest BCUT2D eigenvalue weighted by Gasteiger charge is -2.28. The normalized spacial score (nSPS) is 11.8. The van der Waals surface area contributed by atoms with Gasteiger partial charge in [0.05, 0.1) is 13.1 Å². The monoisotopic (exact) mass is 356 g/mol. The molecule has 0 saturated carbocycles. The molecule has 0 aliphatic rings. The van der Waals surface area contributed by atoms with Crippen molar-refractivity contribution in [2.24, 2.45) is 11.5 Å². The number of ether oxygens (including phenoxy) is 2. The van der Waals surface area contributed by atoms with E-state index >= 15 is 0 Å².